The largest absolute Gasteiger partial charge is 0.279 e. The summed E-state index contributed by atoms with van der Waals surface area (Å²) in [5, 5.41) is 0.387. The molecule has 1 aromatic heterocycles. The number of nitrogens with zero attached hydrogens (tertiary/aromatic N) is 2. The third kappa shape index (κ3) is 5.03. The molecule has 176 valence electrons. The number of fused-ring (bicyclic) bond motifs is 1. The first-order valence-corrected chi connectivity index (χ1v) is 14.7. The van der Waals surface area contributed by atoms with E-state index in [4.69, 9.17) is 0 Å². The third-order valence-electron chi connectivity index (χ3n) is 5.26. The van der Waals surface area contributed by atoms with Crippen LogP contribution in [-0.2, 0) is 26.2 Å². The van der Waals surface area contributed by atoms with Gasteiger partial charge < -0.3 is 0 Å². The van der Waals surface area contributed by atoms with Gasteiger partial charge in [-0.1, -0.05) is 54.7 Å². The van der Waals surface area contributed by atoms with E-state index < -0.39 is 25.6 Å². The standard InChI is InChI=1S/C24H22N2O5S3/c1-3-34(30,31)20-11-7-10-18(14-20)23(27)26(16-17-8-5-4-6-9-17)24-25-21-13-12-19(33(2,28)29)15-22(21)32-24/h4-15H,3,16H2,1-2H3. The minimum Gasteiger partial charge on any atom is -0.279 e. The van der Waals surface area contributed by atoms with Gasteiger partial charge in [-0.25, -0.2) is 21.8 Å². The molecule has 0 radical (unpaired) electrons. The lowest BCUT2D eigenvalue weighted by atomic mass is 10.1. The maximum Gasteiger partial charge on any atom is 0.260 e. The molecule has 0 saturated carbocycles. The van der Waals surface area contributed by atoms with Crippen molar-refractivity contribution < 1.29 is 21.6 Å². The summed E-state index contributed by atoms with van der Waals surface area (Å²) in [6.07, 6.45) is 1.14. The number of sulfone groups is 2. The lowest BCUT2D eigenvalue weighted by Gasteiger charge is -2.20. The van der Waals surface area contributed by atoms with Crippen molar-refractivity contribution in [3.8, 4) is 0 Å². The molecule has 4 aromatic rings. The zero-order valence-electron chi connectivity index (χ0n) is 18.5. The van der Waals surface area contributed by atoms with Crippen LogP contribution in [0.1, 0.15) is 22.8 Å². The van der Waals surface area contributed by atoms with E-state index in [0.29, 0.717) is 15.3 Å². The Labute approximate surface area is 202 Å². The predicted molar refractivity (Wildman–Crippen MR) is 134 cm³/mol. The Morgan fingerprint density at radius 3 is 2.32 bits per heavy atom. The number of carbonyl (C=O) groups excluding carboxylic acids is 1. The van der Waals surface area contributed by atoms with E-state index >= 15 is 0 Å². The highest BCUT2D eigenvalue weighted by Gasteiger charge is 2.24. The quantitative estimate of drug-likeness (QED) is 0.364. The Kier molecular flexibility index (Phi) is 6.57. The predicted octanol–water partition coefficient (Wildman–Crippen LogP) is 4.34. The second-order valence-electron chi connectivity index (χ2n) is 7.71. The van der Waals surface area contributed by atoms with Crippen molar-refractivity contribution in [2.45, 2.75) is 23.3 Å². The van der Waals surface area contributed by atoms with Crippen LogP contribution in [0.3, 0.4) is 0 Å². The zero-order chi connectivity index (χ0) is 24.5. The molecule has 7 nitrogen and oxygen atoms in total. The third-order valence-corrected chi connectivity index (χ3v) is 9.14. The number of hydrogen-bond acceptors (Lipinski definition) is 7. The minimum absolute atomic E-state index is 0.0705. The molecule has 1 amide bonds. The summed E-state index contributed by atoms with van der Waals surface area (Å²) in [5.74, 6) is -0.474. The molecule has 0 N–H and O–H groups in total. The topological polar surface area (TPSA) is 101 Å². The molecule has 0 unspecified atom stereocenters. The highest BCUT2D eigenvalue weighted by molar-refractivity contribution is 7.91. The summed E-state index contributed by atoms with van der Waals surface area (Å²) in [6, 6.07) is 20.0. The first-order chi connectivity index (χ1) is 16.1. The zero-order valence-corrected chi connectivity index (χ0v) is 21.0. The summed E-state index contributed by atoms with van der Waals surface area (Å²) in [5.41, 5.74) is 1.66. The van der Waals surface area contributed by atoms with Gasteiger partial charge in [0.1, 0.15) is 0 Å². The fourth-order valence-electron chi connectivity index (χ4n) is 3.38. The smallest absolute Gasteiger partial charge is 0.260 e. The summed E-state index contributed by atoms with van der Waals surface area (Å²) in [4.78, 5) is 19.9. The molecule has 0 aliphatic rings. The van der Waals surface area contributed by atoms with Crippen LogP contribution in [0.5, 0.6) is 0 Å². The molecular formula is C24H22N2O5S3. The van der Waals surface area contributed by atoms with E-state index in [1.54, 1.807) is 31.2 Å². The number of benzene rings is 3. The van der Waals surface area contributed by atoms with Crippen LogP contribution >= 0.6 is 11.3 Å². The molecule has 0 spiro atoms. The van der Waals surface area contributed by atoms with Gasteiger partial charge in [0.25, 0.3) is 5.91 Å². The number of anilines is 1. The number of rotatable bonds is 7. The Morgan fingerprint density at radius 1 is 0.912 bits per heavy atom. The molecular weight excluding hydrogens is 492 g/mol. The monoisotopic (exact) mass is 514 g/mol. The van der Waals surface area contributed by atoms with Gasteiger partial charge in [-0.15, -0.1) is 0 Å². The van der Waals surface area contributed by atoms with Crippen LogP contribution in [0, 0.1) is 0 Å². The molecule has 0 aliphatic heterocycles. The summed E-state index contributed by atoms with van der Waals surface area (Å²) in [7, 11) is -6.88. The van der Waals surface area contributed by atoms with Gasteiger partial charge in [0, 0.05) is 11.8 Å². The van der Waals surface area contributed by atoms with Gasteiger partial charge in [0.15, 0.2) is 24.8 Å². The molecule has 0 saturated heterocycles. The normalized spacial score (nSPS) is 12.1. The van der Waals surface area contributed by atoms with E-state index in [9.17, 15) is 21.6 Å². The highest BCUT2D eigenvalue weighted by atomic mass is 32.2. The number of aromatic nitrogens is 1. The van der Waals surface area contributed by atoms with E-state index in [0.717, 1.165) is 11.8 Å². The Hall–Kier alpha value is -3.08. The summed E-state index contributed by atoms with van der Waals surface area (Å²) >= 11 is 1.20. The van der Waals surface area contributed by atoms with Crippen LogP contribution in [0.4, 0.5) is 5.13 Å². The van der Waals surface area contributed by atoms with Crippen molar-refractivity contribution in [1.29, 1.82) is 0 Å². The van der Waals surface area contributed by atoms with Crippen LogP contribution in [-0.4, -0.2) is 39.7 Å². The molecule has 4 rings (SSSR count). The van der Waals surface area contributed by atoms with Crippen LogP contribution in [0.2, 0.25) is 0 Å². The molecule has 10 heteroatoms. The summed E-state index contributed by atoms with van der Waals surface area (Å²) in [6.45, 7) is 1.76. The molecule has 0 fully saturated rings. The number of carbonyl (C=O) groups is 1. The number of hydrogen-bond donors (Lipinski definition) is 0. The maximum absolute atomic E-state index is 13.6. The van der Waals surface area contributed by atoms with Crippen LogP contribution in [0.25, 0.3) is 10.2 Å². The SMILES string of the molecule is CCS(=O)(=O)c1cccc(C(=O)N(Cc2ccccc2)c2nc3ccc(S(C)(=O)=O)cc3s2)c1. The summed E-state index contributed by atoms with van der Waals surface area (Å²) < 4.78 is 49.3. The fraction of sp³-hybridized carbons (Fsp3) is 0.167. The van der Waals surface area contributed by atoms with Gasteiger partial charge in [0.2, 0.25) is 0 Å². The molecule has 0 aliphatic carbocycles. The lowest BCUT2D eigenvalue weighted by Crippen LogP contribution is -2.30. The van der Waals surface area contributed by atoms with Gasteiger partial charge >= 0.3 is 0 Å². The van der Waals surface area contributed by atoms with Crippen molar-refractivity contribution in [3.05, 3.63) is 83.9 Å². The Morgan fingerprint density at radius 2 is 1.65 bits per heavy atom. The first kappa shape index (κ1) is 24.1. The first-order valence-electron chi connectivity index (χ1n) is 10.4. The Balaban J connectivity index is 1.80. The molecule has 0 atom stereocenters. The lowest BCUT2D eigenvalue weighted by molar-refractivity contribution is 0.0985. The highest BCUT2D eigenvalue weighted by Crippen LogP contribution is 2.32. The average Bonchev–Trinajstić information content (AvgIpc) is 3.25. The Bertz CT molecular complexity index is 1580. The van der Waals surface area contributed by atoms with E-state index in [1.165, 1.54) is 34.4 Å². The van der Waals surface area contributed by atoms with Crippen molar-refractivity contribution in [2.75, 3.05) is 16.9 Å². The van der Waals surface area contributed by atoms with Crippen molar-refractivity contribution in [3.63, 3.8) is 0 Å². The molecule has 0 bridgehead atoms. The second-order valence-corrected chi connectivity index (χ2v) is 13.0. The van der Waals surface area contributed by atoms with E-state index in [1.807, 2.05) is 30.3 Å². The minimum atomic E-state index is -3.48. The van der Waals surface area contributed by atoms with Crippen LogP contribution in [0.15, 0.2) is 82.6 Å². The number of thiazole rings is 1. The fourth-order valence-corrected chi connectivity index (χ4v) is 6.03. The van der Waals surface area contributed by atoms with E-state index in [2.05, 4.69) is 4.98 Å². The maximum atomic E-state index is 13.6. The van der Waals surface area contributed by atoms with Crippen molar-refractivity contribution in [2.24, 2.45) is 0 Å². The molecule has 34 heavy (non-hydrogen) atoms. The van der Waals surface area contributed by atoms with Gasteiger partial charge in [-0.05, 0) is 42.0 Å². The second kappa shape index (κ2) is 9.28. The van der Waals surface area contributed by atoms with Crippen LogP contribution < -0.4 is 4.90 Å². The van der Waals surface area contributed by atoms with Crippen molar-refractivity contribution >= 4 is 52.3 Å². The van der Waals surface area contributed by atoms with Gasteiger partial charge in [-0.2, -0.15) is 0 Å². The van der Waals surface area contributed by atoms with Crippen molar-refractivity contribution in [1.82, 2.24) is 4.98 Å². The average molecular weight is 515 g/mol. The van der Waals surface area contributed by atoms with Gasteiger partial charge in [-0.3, -0.25) is 9.69 Å². The number of amides is 1. The van der Waals surface area contributed by atoms with Gasteiger partial charge in [0.05, 0.1) is 32.3 Å². The molecule has 1 heterocycles. The molecule has 3 aromatic carbocycles. The van der Waals surface area contributed by atoms with E-state index in [-0.39, 0.29) is 27.7 Å².